The molecule has 0 amide bonds. The fourth-order valence-corrected chi connectivity index (χ4v) is 9.22. The first-order valence-corrected chi connectivity index (χ1v) is 18.9. The van der Waals surface area contributed by atoms with Crippen LogP contribution in [0.25, 0.3) is 99.2 Å². The zero-order chi connectivity index (χ0) is 36.7. The van der Waals surface area contributed by atoms with Crippen molar-refractivity contribution in [3.8, 4) is 56.0 Å². The molecule has 3 nitrogen and oxygen atoms in total. The van der Waals surface area contributed by atoms with Crippen LogP contribution in [-0.4, -0.2) is 15.0 Å². The molecule has 1 aliphatic rings. The van der Waals surface area contributed by atoms with Crippen molar-refractivity contribution >= 4 is 43.2 Å². The third kappa shape index (κ3) is 4.73. The number of pyridine rings is 1. The fourth-order valence-electron chi connectivity index (χ4n) is 9.22. The lowest BCUT2D eigenvalue weighted by atomic mass is 9.77. The zero-order valence-corrected chi connectivity index (χ0v) is 30.6. The van der Waals surface area contributed by atoms with Gasteiger partial charge in [0.15, 0.2) is 5.82 Å². The van der Waals surface area contributed by atoms with Crippen molar-refractivity contribution in [1.82, 2.24) is 15.0 Å². The van der Waals surface area contributed by atoms with E-state index in [9.17, 15) is 0 Å². The molecule has 2 heterocycles. The van der Waals surface area contributed by atoms with Gasteiger partial charge in [0, 0.05) is 39.9 Å². The average Bonchev–Trinajstić information content (AvgIpc) is 3.47. The van der Waals surface area contributed by atoms with Crippen LogP contribution in [0.5, 0.6) is 0 Å². The van der Waals surface area contributed by atoms with Crippen molar-refractivity contribution in [2.75, 3.05) is 0 Å². The lowest BCUT2D eigenvalue weighted by molar-refractivity contribution is 0.662. The summed E-state index contributed by atoms with van der Waals surface area (Å²) in [5.74, 6) is 0.725. The number of hydrogen-bond acceptors (Lipinski definition) is 3. The summed E-state index contributed by atoms with van der Waals surface area (Å²) in [6, 6.07) is 58.9. The maximum atomic E-state index is 5.41. The molecule has 3 heteroatoms. The van der Waals surface area contributed by atoms with Gasteiger partial charge in [-0.2, -0.15) is 0 Å². The summed E-state index contributed by atoms with van der Waals surface area (Å²) in [6.07, 6.45) is 3.88. The molecule has 10 aromatic rings. The van der Waals surface area contributed by atoms with E-state index >= 15 is 0 Å². The Bertz CT molecular complexity index is 3090. The Kier molecular flexibility index (Phi) is 6.90. The van der Waals surface area contributed by atoms with Crippen LogP contribution >= 0.6 is 0 Å². The zero-order valence-electron chi connectivity index (χ0n) is 30.6. The number of nitrogens with zero attached hydrogens (tertiary/aromatic N) is 3. The minimum absolute atomic E-state index is 0.221. The molecular weight excluding hydrogens is 667 g/mol. The third-order valence-corrected chi connectivity index (χ3v) is 11.7. The van der Waals surface area contributed by atoms with Crippen molar-refractivity contribution in [1.29, 1.82) is 0 Å². The molecule has 0 spiro atoms. The normalized spacial score (nSPS) is 13.1. The molecular formula is C52H35N3. The minimum Gasteiger partial charge on any atom is -0.247 e. The minimum atomic E-state index is -0.221. The first-order valence-electron chi connectivity index (χ1n) is 18.9. The van der Waals surface area contributed by atoms with E-state index in [1.165, 1.54) is 65.9 Å². The molecule has 0 bridgehead atoms. The van der Waals surface area contributed by atoms with Crippen LogP contribution in [0, 0.1) is 0 Å². The lowest BCUT2D eigenvalue weighted by Crippen LogP contribution is -2.16. The van der Waals surface area contributed by atoms with Crippen LogP contribution in [-0.2, 0) is 5.41 Å². The standard InChI is InChI=1S/C52H35N3/c1-52(2)43-23-13-12-22-42(43)50-49(52)46(48-37-17-7-6-16-33(37)28-29-44(48)55-50)35-26-24-34(25-27-35)45-38-18-8-10-20-40(38)47(41-21-11-9-19-39(41)45)51-53-30-36(31-54-51)32-14-4-3-5-15-32/h3-31H,1-2H3. The lowest BCUT2D eigenvalue weighted by Gasteiger charge is -2.26. The molecule has 0 aliphatic heterocycles. The van der Waals surface area contributed by atoms with Gasteiger partial charge in [-0.15, -0.1) is 0 Å². The molecule has 258 valence electrons. The Hall–Kier alpha value is -6.97. The second kappa shape index (κ2) is 12.0. The van der Waals surface area contributed by atoms with Gasteiger partial charge in [-0.3, -0.25) is 0 Å². The SMILES string of the molecule is CC1(C)c2ccccc2-c2nc3ccc4ccccc4c3c(-c3ccc(-c4c5ccccc5c(-c5ncc(-c6ccccc6)cn5)c5ccccc45)cc3)c21. The predicted molar refractivity (Wildman–Crippen MR) is 229 cm³/mol. The van der Waals surface area contributed by atoms with E-state index in [1.807, 2.05) is 30.6 Å². The molecule has 0 radical (unpaired) electrons. The quantitative estimate of drug-likeness (QED) is 0.135. The molecule has 0 saturated heterocycles. The smallest absolute Gasteiger partial charge is 0.160 e. The van der Waals surface area contributed by atoms with Gasteiger partial charge in [0.25, 0.3) is 0 Å². The highest BCUT2D eigenvalue weighted by atomic mass is 14.9. The maximum absolute atomic E-state index is 5.41. The summed E-state index contributed by atoms with van der Waals surface area (Å²) in [4.78, 5) is 15.3. The first-order chi connectivity index (χ1) is 27.1. The molecule has 1 aliphatic carbocycles. The van der Waals surface area contributed by atoms with E-state index in [-0.39, 0.29) is 5.41 Å². The molecule has 2 aromatic heterocycles. The van der Waals surface area contributed by atoms with Gasteiger partial charge in [-0.05, 0) is 77.3 Å². The fraction of sp³-hybridized carbons (Fsp3) is 0.0577. The first kappa shape index (κ1) is 31.5. The molecule has 8 aromatic carbocycles. The number of rotatable bonds is 4. The Balaban J connectivity index is 1.13. The van der Waals surface area contributed by atoms with Crippen LogP contribution in [0.4, 0.5) is 0 Å². The van der Waals surface area contributed by atoms with E-state index in [4.69, 9.17) is 15.0 Å². The van der Waals surface area contributed by atoms with Crippen LogP contribution in [0.3, 0.4) is 0 Å². The van der Waals surface area contributed by atoms with Crippen LogP contribution in [0.15, 0.2) is 176 Å². The molecule has 0 fully saturated rings. The molecule has 55 heavy (non-hydrogen) atoms. The highest BCUT2D eigenvalue weighted by molar-refractivity contribution is 6.21. The van der Waals surface area contributed by atoms with Gasteiger partial charge >= 0.3 is 0 Å². The van der Waals surface area contributed by atoms with E-state index in [2.05, 4.69) is 159 Å². The summed E-state index contributed by atoms with van der Waals surface area (Å²) < 4.78 is 0. The van der Waals surface area contributed by atoms with Gasteiger partial charge in [0.05, 0.1) is 11.2 Å². The Morgan fingerprint density at radius 2 is 0.964 bits per heavy atom. The van der Waals surface area contributed by atoms with Crippen molar-refractivity contribution < 1.29 is 0 Å². The molecule has 0 unspecified atom stereocenters. The Morgan fingerprint density at radius 3 is 1.64 bits per heavy atom. The largest absolute Gasteiger partial charge is 0.247 e. The molecule has 11 rings (SSSR count). The highest BCUT2D eigenvalue weighted by Gasteiger charge is 2.39. The summed E-state index contributed by atoms with van der Waals surface area (Å²) in [5.41, 5.74) is 13.8. The van der Waals surface area contributed by atoms with E-state index in [1.54, 1.807) is 0 Å². The Morgan fingerprint density at radius 1 is 0.418 bits per heavy atom. The van der Waals surface area contributed by atoms with E-state index in [0.717, 1.165) is 44.5 Å². The van der Waals surface area contributed by atoms with Gasteiger partial charge in [-0.1, -0.05) is 172 Å². The molecule has 0 saturated carbocycles. The van der Waals surface area contributed by atoms with Crippen molar-refractivity contribution in [3.63, 3.8) is 0 Å². The van der Waals surface area contributed by atoms with E-state index < -0.39 is 0 Å². The van der Waals surface area contributed by atoms with Crippen LogP contribution < -0.4 is 0 Å². The maximum Gasteiger partial charge on any atom is 0.160 e. The Labute approximate surface area is 319 Å². The second-order valence-electron chi connectivity index (χ2n) is 15.1. The highest BCUT2D eigenvalue weighted by Crippen LogP contribution is 2.54. The molecule has 0 N–H and O–H groups in total. The number of fused-ring (bicyclic) bond motifs is 8. The average molecular weight is 702 g/mol. The third-order valence-electron chi connectivity index (χ3n) is 11.7. The summed E-state index contributed by atoms with van der Waals surface area (Å²) in [6.45, 7) is 4.71. The van der Waals surface area contributed by atoms with Gasteiger partial charge in [0.1, 0.15) is 0 Å². The monoisotopic (exact) mass is 701 g/mol. The summed E-state index contributed by atoms with van der Waals surface area (Å²) in [7, 11) is 0. The van der Waals surface area contributed by atoms with Gasteiger partial charge < -0.3 is 0 Å². The van der Waals surface area contributed by atoms with Crippen LogP contribution in [0.2, 0.25) is 0 Å². The second-order valence-corrected chi connectivity index (χ2v) is 15.1. The number of aromatic nitrogens is 3. The van der Waals surface area contributed by atoms with Crippen molar-refractivity contribution in [3.05, 3.63) is 187 Å². The molecule has 0 atom stereocenters. The van der Waals surface area contributed by atoms with Crippen molar-refractivity contribution in [2.45, 2.75) is 19.3 Å². The number of benzene rings is 8. The summed E-state index contributed by atoms with van der Waals surface area (Å²) >= 11 is 0. The predicted octanol–water partition coefficient (Wildman–Crippen LogP) is 13.5. The van der Waals surface area contributed by atoms with Crippen molar-refractivity contribution in [2.24, 2.45) is 0 Å². The van der Waals surface area contributed by atoms with Gasteiger partial charge in [-0.25, -0.2) is 15.0 Å². The van der Waals surface area contributed by atoms with Crippen LogP contribution in [0.1, 0.15) is 25.0 Å². The topological polar surface area (TPSA) is 38.7 Å². The number of hydrogen-bond donors (Lipinski definition) is 0. The van der Waals surface area contributed by atoms with Gasteiger partial charge in [0.2, 0.25) is 0 Å². The van der Waals surface area contributed by atoms with E-state index in [0.29, 0.717) is 0 Å². The summed E-state index contributed by atoms with van der Waals surface area (Å²) in [5, 5.41) is 8.29.